The lowest BCUT2D eigenvalue weighted by Crippen LogP contribution is -2.36. The number of morpholine rings is 1. The third kappa shape index (κ3) is 7.14. The van der Waals surface area contributed by atoms with Gasteiger partial charge in [0.15, 0.2) is 5.82 Å². The lowest BCUT2D eigenvalue weighted by atomic mass is 10.1. The van der Waals surface area contributed by atoms with Crippen molar-refractivity contribution >= 4 is 44.6 Å². The van der Waals surface area contributed by atoms with E-state index in [-0.39, 0.29) is 10.7 Å². The highest BCUT2D eigenvalue weighted by molar-refractivity contribution is 7.92. The maximum Gasteiger partial charge on any atom is 0.258 e. The fourth-order valence-corrected chi connectivity index (χ4v) is 5.18. The summed E-state index contributed by atoms with van der Waals surface area (Å²) in [6, 6.07) is 10.5. The van der Waals surface area contributed by atoms with Gasteiger partial charge in [0, 0.05) is 42.4 Å². The van der Waals surface area contributed by atoms with Crippen molar-refractivity contribution in [1.29, 1.82) is 0 Å². The number of halogens is 1. The summed E-state index contributed by atoms with van der Waals surface area (Å²) in [6.07, 6.45) is 11.0. The average Bonchev–Trinajstić information content (AvgIpc) is 3.42. The number of anilines is 3. The monoisotopic (exact) mass is 581 g/mol. The molecule has 0 aliphatic carbocycles. The number of rotatable bonds is 9. The number of sulfonamides is 1. The first-order chi connectivity index (χ1) is 19.2. The Balaban J connectivity index is 1.38. The number of amides is 1. The van der Waals surface area contributed by atoms with E-state index < -0.39 is 15.9 Å². The first kappa shape index (κ1) is 27.6. The standard InChI is InChI=1S/C27H28ClN7O4S/c1-40(37,38)33-24-13-22(28)12-23(14-24)32-27(36)21-16-31-35(18-21)26-20(5-4-19-3-2-6-29-15-19)11-25(17-30-26)34-7-9-39-10-8-34/h2-3,6,11-18,33H,4-5,7-10H2,1H3,(H,32,36). The summed E-state index contributed by atoms with van der Waals surface area (Å²) >= 11 is 6.13. The van der Waals surface area contributed by atoms with E-state index in [4.69, 9.17) is 21.3 Å². The predicted octanol–water partition coefficient (Wildman–Crippen LogP) is 3.56. The molecule has 1 aliphatic heterocycles. The fourth-order valence-electron chi connectivity index (χ4n) is 4.39. The van der Waals surface area contributed by atoms with E-state index in [1.54, 1.807) is 17.1 Å². The number of nitrogens with one attached hydrogen (secondary N) is 2. The molecule has 0 bridgehead atoms. The molecule has 40 heavy (non-hydrogen) atoms. The van der Waals surface area contributed by atoms with E-state index in [0.29, 0.717) is 36.7 Å². The summed E-state index contributed by atoms with van der Waals surface area (Å²) in [5.41, 5.74) is 3.98. The quantitative estimate of drug-likeness (QED) is 0.307. The summed E-state index contributed by atoms with van der Waals surface area (Å²) in [5.74, 6) is 0.197. The lowest BCUT2D eigenvalue weighted by molar-refractivity contribution is 0.102. The van der Waals surface area contributed by atoms with Crippen molar-refractivity contribution in [1.82, 2.24) is 19.7 Å². The minimum absolute atomic E-state index is 0.240. The molecule has 0 spiro atoms. The molecule has 5 rings (SSSR count). The smallest absolute Gasteiger partial charge is 0.258 e. The Labute approximate surface area is 237 Å². The molecule has 208 valence electrons. The molecule has 11 nitrogen and oxygen atoms in total. The molecule has 13 heteroatoms. The number of carbonyl (C=O) groups excluding carboxylic acids is 1. The number of aromatic nitrogens is 4. The van der Waals surface area contributed by atoms with Gasteiger partial charge in [0.25, 0.3) is 5.91 Å². The van der Waals surface area contributed by atoms with Crippen molar-refractivity contribution in [3.05, 3.63) is 89.1 Å². The molecular formula is C27H28ClN7O4S. The second kappa shape index (κ2) is 12.0. The van der Waals surface area contributed by atoms with Gasteiger partial charge in [0.2, 0.25) is 10.0 Å². The van der Waals surface area contributed by atoms with Gasteiger partial charge in [-0.1, -0.05) is 17.7 Å². The van der Waals surface area contributed by atoms with E-state index in [1.165, 1.54) is 24.4 Å². The zero-order chi connectivity index (χ0) is 28.1. The Morgan fingerprint density at radius 2 is 1.88 bits per heavy atom. The van der Waals surface area contributed by atoms with Gasteiger partial charge in [0.1, 0.15) is 0 Å². The van der Waals surface area contributed by atoms with Crippen molar-refractivity contribution in [2.75, 3.05) is 47.5 Å². The number of nitrogens with zero attached hydrogens (tertiary/aromatic N) is 5. The zero-order valence-electron chi connectivity index (χ0n) is 21.7. The molecule has 0 saturated carbocycles. The number of carbonyl (C=O) groups is 1. The summed E-state index contributed by atoms with van der Waals surface area (Å²) in [7, 11) is -3.51. The second-order valence-corrected chi connectivity index (χ2v) is 11.6. The molecule has 0 atom stereocenters. The van der Waals surface area contributed by atoms with Crippen LogP contribution < -0.4 is 14.9 Å². The Kier molecular flexibility index (Phi) is 8.29. The van der Waals surface area contributed by atoms with Crippen LogP contribution in [0.5, 0.6) is 0 Å². The molecule has 1 saturated heterocycles. The van der Waals surface area contributed by atoms with Crippen LogP contribution in [0, 0.1) is 0 Å². The van der Waals surface area contributed by atoms with Crippen LogP contribution in [0.4, 0.5) is 17.1 Å². The van der Waals surface area contributed by atoms with E-state index in [2.05, 4.69) is 31.1 Å². The van der Waals surface area contributed by atoms with Gasteiger partial charge in [-0.05, 0) is 54.3 Å². The van der Waals surface area contributed by atoms with Crippen molar-refractivity contribution in [3.8, 4) is 5.82 Å². The van der Waals surface area contributed by atoms with Crippen LogP contribution in [0.3, 0.4) is 0 Å². The van der Waals surface area contributed by atoms with Crippen molar-refractivity contribution in [2.45, 2.75) is 12.8 Å². The lowest BCUT2D eigenvalue weighted by Gasteiger charge is -2.29. The third-order valence-electron chi connectivity index (χ3n) is 6.23. The Hall–Kier alpha value is -4.00. The predicted molar refractivity (Wildman–Crippen MR) is 154 cm³/mol. The van der Waals surface area contributed by atoms with Crippen LogP contribution in [-0.2, 0) is 27.6 Å². The van der Waals surface area contributed by atoms with Crippen LogP contribution in [-0.4, -0.2) is 66.6 Å². The van der Waals surface area contributed by atoms with Gasteiger partial charge in [-0.25, -0.2) is 18.1 Å². The van der Waals surface area contributed by atoms with Crippen LogP contribution in [0.15, 0.2) is 67.4 Å². The molecule has 1 aliphatic rings. The molecule has 0 radical (unpaired) electrons. The normalized spacial score (nSPS) is 13.7. The first-order valence-electron chi connectivity index (χ1n) is 12.6. The summed E-state index contributed by atoms with van der Waals surface area (Å²) in [4.78, 5) is 24.2. The minimum atomic E-state index is -3.51. The summed E-state index contributed by atoms with van der Waals surface area (Å²) < 4.78 is 32.6. The molecule has 1 amide bonds. The summed E-state index contributed by atoms with van der Waals surface area (Å²) in [6.45, 7) is 2.92. The number of pyridine rings is 2. The van der Waals surface area contributed by atoms with Gasteiger partial charge in [-0.3, -0.25) is 14.5 Å². The van der Waals surface area contributed by atoms with Gasteiger partial charge < -0.3 is 15.0 Å². The molecule has 0 unspecified atom stereocenters. The van der Waals surface area contributed by atoms with Gasteiger partial charge >= 0.3 is 0 Å². The number of aryl methyl sites for hydroxylation is 2. The highest BCUT2D eigenvalue weighted by atomic mass is 35.5. The first-order valence-corrected chi connectivity index (χ1v) is 14.9. The topological polar surface area (TPSA) is 131 Å². The Morgan fingerprint density at radius 1 is 1.07 bits per heavy atom. The number of hydrogen-bond acceptors (Lipinski definition) is 8. The number of benzene rings is 1. The molecule has 2 N–H and O–H groups in total. The number of ether oxygens (including phenoxy) is 1. The van der Waals surface area contributed by atoms with Crippen LogP contribution in [0.1, 0.15) is 21.5 Å². The van der Waals surface area contributed by atoms with E-state index in [0.717, 1.165) is 42.6 Å². The van der Waals surface area contributed by atoms with Crippen molar-refractivity contribution in [3.63, 3.8) is 0 Å². The number of hydrogen-bond donors (Lipinski definition) is 2. The summed E-state index contributed by atoms with van der Waals surface area (Å²) in [5, 5.41) is 7.43. The second-order valence-electron chi connectivity index (χ2n) is 9.37. The molecule has 1 fully saturated rings. The molecular weight excluding hydrogens is 554 g/mol. The van der Waals surface area contributed by atoms with Gasteiger partial charge in [-0.2, -0.15) is 5.10 Å². The van der Waals surface area contributed by atoms with E-state index in [9.17, 15) is 13.2 Å². The highest BCUT2D eigenvalue weighted by Crippen LogP contribution is 2.25. The average molecular weight is 582 g/mol. The molecule has 3 aromatic heterocycles. The maximum atomic E-state index is 13.0. The van der Waals surface area contributed by atoms with Crippen molar-refractivity contribution < 1.29 is 17.9 Å². The molecule has 1 aromatic carbocycles. The largest absolute Gasteiger partial charge is 0.378 e. The molecule has 4 aromatic rings. The minimum Gasteiger partial charge on any atom is -0.378 e. The Bertz CT molecular complexity index is 1610. The van der Waals surface area contributed by atoms with Crippen LogP contribution in [0.25, 0.3) is 5.82 Å². The van der Waals surface area contributed by atoms with E-state index >= 15 is 0 Å². The third-order valence-corrected chi connectivity index (χ3v) is 7.06. The van der Waals surface area contributed by atoms with Gasteiger partial charge in [-0.15, -0.1) is 0 Å². The van der Waals surface area contributed by atoms with E-state index in [1.807, 2.05) is 24.5 Å². The van der Waals surface area contributed by atoms with Crippen LogP contribution >= 0.6 is 11.6 Å². The molecule has 4 heterocycles. The van der Waals surface area contributed by atoms with Gasteiger partial charge in [0.05, 0.1) is 48.8 Å². The fraction of sp³-hybridized carbons (Fsp3) is 0.259. The zero-order valence-corrected chi connectivity index (χ0v) is 23.3. The van der Waals surface area contributed by atoms with Crippen LogP contribution in [0.2, 0.25) is 5.02 Å². The van der Waals surface area contributed by atoms with Crippen molar-refractivity contribution in [2.24, 2.45) is 0 Å². The SMILES string of the molecule is CS(=O)(=O)Nc1cc(Cl)cc(NC(=O)c2cnn(-c3ncc(N4CCOCC4)cc3CCc3cccnc3)c2)c1. The highest BCUT2D eigenvalue weighted by Gasteiger charge is 2.17. The maximum absolute atomic E-state index is 13.0. The Morgan fingerprint density at radius 3 is 2.62 bits per heavy atom.